The van der Waals surface area contributed by atoms with Crippen molar-refractivity contribution in [2.45, 2.75) is 6.04 Å². The fraction of sp³-hybridized carbons (Fsp3) is 0.0833. The monoisotopic (exact) mass is 435 g/mol. The lowest BCUT2D eigenvalue weighted by Crippen LogP contribution is -2.29. The summed E-state index contributed by atoms with van der Waals surface area (Å²) in [7, 11) is 1.40. The molecule has 1 aliphatic rings. The van der Waals surface area contributed by atoms with Gasteiger partial charge in [-0.25, -0.2) is 0 Å². The molecule has 1 heterocycles. The number of hydrogen-bond acceptors (Lipinski definition) is 5. The summed E-state index contributed by atoms with van der Waals surface area (Å²) in [5.74, 6) is -1.82. The molecule has 31 heavy (non-hydrogen) atoms. The number of amides is 1. The van der Waals surface area contributed by atoms with Gasteiger partial charge in [-0.05, 0) is 35.9 Å². The Morgan fingerprint density at radius 3 is 2.42 bits per heavy atom. The number of anilines is 1. The molecular formula is C24H18ClNO5. The number of methoxy groups -OCH3 is 1. The van der Waals surface area contributed by atoms with Crippen molar-refractivity contribution in [1.82, 2.24) is 0 Å². The number of ether oxygens (including phenoxy) is 1. The minimum Gasteiger partial charge on any atom is -0.507 e. The van der Waals surface area contributed by atoms with Crippen LogP contribution in [-0.4, -0.2) is 29.0 Å². The predicted octanol–water partition coefficient (Wildman–Crippen LogP) is 4.68. The number of aromatic hydroxyl groups is 1. The Morgan fingerprint density at radius 1 is 1.00 bits per heavy atom. The minimum atomic E-state index is -0.951. The summed E-state index contributed by atoms with van der Waals surface area (Å²) in [5, 5.41) is 21.4. The molecule has 1 fully saturated rings. The molecule has 1 saturated heterocycles. The summed E-state index contributed by atoms with van der Waals surface area (Å²) in [4.78, 5) is 27.4. The average molecular weight is 436 g/mol. The first-order valence-corrected chi connectivity index (χ1v) is 9.79. The summed E-state index contributed by atoms with van der Waals surface area (Å²) in [6.07, 6.45) is 0. The maximum atomic E-state index is 13.1. The van der Waals surface area contributed by atoms with E-state index in [0.717, 1.165) is 0 Å². The molecule has 4 rings (SSSR count). The smallest absolute Gasteiger partial charge is 0.300 e. The third-order valence-corrected chi connectivity index (χ3v) is 5.33. The number of nitrogens with zero attached hydrogens (tertiary/aromatic N) is 1. The predicted molar refractivity (Wildman–Crippen MR) is 117 cm³/mol. The molecule has 6 nitrogen and oxygen atoms in total. The summed E-state index contributed by atoms with van der Waals surface area (Å²) in [5.41, 5.74) is 1.22. The van der Waals surface area contributed by atoms with Gasteiger partial charge in [0.25, 0.3) is 11.7 Å². The number of phenolic OH excluding ortho intramolecular Hbond substituents is 1. The molecule has 7 heteroatoms. The first kappa shape index (κ1) is 20.5. The molecule has 0 aromatic heterocycles. The Kier molecular flexibility index (Phi) is 5.40. The maximum absolute atomic E-state index is 13.1. The molecule has 1 amide bonds. The van der Waals surface area contributed by atoms with Gasteiger partial charge >= 0.3 is 0 Å². The van der Waals surface area contributed by atoms with Gasteiger partial charge in [-0.2, -0.15) is 0 Å². The van der Waals surface area contributed by atoms with E-state index in [9.17, 15) is 19.8 Å². The number of benzene rings is 3. The van der Waals surface area contributed by atoms with Gasteiger partial charge in [-0.1, -0.05) is 54.1 Å². The number of hydrogen-bond donors (Lipinski definition) is 2. The van der Waals surface area contributed by atoms with Crippen LogP contribution >= 0.6 is 11.6 Å². The van der Waals surface area contributed by atoms with Crippen molar-refractivity contribution >= 4 is 34.7 Å². The number of carbonyl (C=O) groups is 2. The van der Waals surface area contributed by atoms with E-state index < -0.39 is 17.7 Å². The fourth-order valence-corrected chi connectivity index (χ4v) is 3.84. The molecule has 0 aliphatic carbocycles. The summed E-state index contributed by atoms with van der Waals surface area (Å²) in [6, 6.07) is 18.6. The van der Waals surface area contributed by atoms with E-state index >= 15 is 0 Å². The van der Waals surface area contributed by atoms with Crippen molar-refractivity contribution in [3.8, 4) is 11.5 Å². The van der Waals surface area contributed by atoms with Crippen molar-refractivity contribution in [2.24, 2.45) is 0 Å². The van der Waals surface area contributed by atoms with E-state index in [1.807, 2.05) is 0 Å². The van der Waals surface area contributed by atoms with Gasteiger partial charge < -0.3 is 14.9 Å². The maximum Gasteiger partial charge on any atom is 0.300 e. The molecule has 0 radical (unpaired) electrons. The van der Waals surface area contributed by atoms with Crippen LogP contribution in [0, 0.1) is 0 Å². The average Bonchev–Trinajstić information content (AvgIpc) is 3.05. The molecule has 3 aromatic rings. The molecule has 0 bridgehead atoms. The SMILES string of the molecule is COc1cc(C2/C(=C(/O)c3ccccc3)C(=O)C(=O)N2c2cccc(Cl)c2)ccc1O. The summed E-state index contributed by atoms with van der Waals surface area (Å²) < 4.78 is 5.20. The van der Waals surface area contributed by atoms with Crippen LogP contribution in [0.3, 0.4) is 0 Å². The number of ketones is 1. The van der Waals surface area contributed by atoms with E-state index in [4.69, 9.17) is 16.3 Å². The van der Waals surface area contributed by atoms with Crippen molar-refractivity contribution in [3.05, 3.63) is 94.5 Å². The molecule has 0 saturated carbocycles. The number of aliphatic hydroxyl groups is 1. The highest BCUT2D eigenvalue weighted by molar-refractivity contribution is 6.51. The molecule has 2 N–H and O–H groups in total. The highest BCUT2D eigenvalue weighted by atomic mass is 35.5. The third kappa shape index (κ3) is 3.62. The van der Waals surface area contributed by atoms with E-state index in [0.29, 0.717) is 21.8 Å². The zero-order valence-corrected chi connectivity index (χ0v) is 17.2. The van der Waals surface area contributed by atoms with Crippen LogP contribution in [0.4, 0.5) is 5.69 Å². The lowest BCUT2D eigenvalue weighted by molar-refractivity contribution is -0.132. The number of aliphatic hydroxyl groups excluding tert-OH is 1. The first-order chi connectivity index (χ1) is 14.9. The van der Waals surface area contributed by atoms with Crippen molar-refractivity contribution in [3.63, 3.8) is 0 Å². The van der Waals surface area contributed by atoms with Crippen LogP contribution in [-0.2, 0) is 9.59 Å². The highest BCUT2D eigenvalue weighted by Crippen LogP contribution is 2.44. The second-order valence-electron chi connectivity index (χ2n) is 6.95. The first-order valence-electron chi connectivity index (χ1n) is 9.41. The number of halogens is 1. The second kappa shape index (κ2) is 8.16. The largest absolute Gasteiger partial charge is 0.507 e. The third-order valence-electron chi connectivity index (χ3n) is 5.10. The Morgan fingerprint density at radius 2 is 1.74 bits per heavy atom. The lowest BCUT2D eigenvalue weighted by Gasteiger charge is -2.26. The van der Waals surface area contributed by atoms with Crippen LogP contribution < -0.4 is 9.64 Å². The molecule has 3 aromatic carbocycles. The Labute approximate surface area is 183 Å². The number of phenols is 1. The number of rotatable bonds is 4. The highest BCUT2D eigenvalue weighted by Gasteiger charge is 2.47. The zero-order chi connectivity index (χ0) is 22.1. The molecule has 1 unspecified atom stereocenters. The van der Waals surface area contributed by atoms with E-state index in [1.54, 1.807) is 60.7 Å². The van der Waals surface area contributed by atoms with Crippen LogP contribution in [0.5, 0.6) is 11.5 Å². The molecule has 0 spiro atoms. The van der Waals surface area contributed by atoms with Gasteiger partial charge in [0, 0.05) is 16.3 Å². The van der Waals surface area contributed by atoms with Crippen LogP contribution in [0.2, 0.25) is 5.02 Å². The number of Topliss-reactive ketones (excluding diaryl/α,β-unsaturated/α-hetero) is 1. The van der Waals surface area contributed by atoms with Gasteiger partial charge in [0.05, 0.1) is 18.7 Å². The second-order valence-corrected chi connectivity index (χ2v) is 7.38. The topological polar surface area (TPSA) is 87.1 Å². The van der Waals surface area contributed by atoms with E-state index in [1.165, 1.54) is 24.1 Å². The van der Waals surface area contributed by atoms with Crippen LogP contribution in [0.1, 0.15) is 17.2 Å². The van der Waals surface area contributed by atoms with E-state index in [2.05, 4.69) is 0 Å². The van der Waals surface area contributed by atoms with Crippen molar-refractivity contribution in [2.75, 3.05) is 12.0 Å². The van der Waals surface area contributed by atoms with Crippen molar-refractivity contribution < 1.29 is 24.5 Å². The Hall–Kier alpha value is -3.77. The van der Waals surface area contributed by atoms with E-state index in [-0.39, 0.29) is 22.8 Å². The summed E-state index contributed by atoms with van der Waals surface area (Å²) >= 11 is 6.13. The fourth-order valence-electron chi connectivity index (χ4n) is 3.66. The lowest BCUT2D eigenvalue weighted by atomic mass is 9.95. The van der Waals surface area contributed by atoms with Gasteiger partial charge in [0.15, 0.2) is 11.5 Å². The van der Waals surface area contributed by atoms with Gasteiger partial charge in [0.1, 0.15) is 5.76 Å². The van der Waals surface area contributed by atoms with Crippen LogP contribution in [0.15, 0.2) is 78.4 Å². The molecular weight excluding hydrogens is 418 g/mol. The van der Waals surface area contributed by atoms with Crippen molar-refractivity contribution in [1.29, 1.82) is 0 Å². The Balaban J connectivity index is 1.98. The number of carbonyl (C=O) groups excluding carboxylic acids is 2. The standard InChI is InChI=1S/C24H18ClNO5/c1-31-19-12-15(10-11-18(19)27)21-20(22(28)14-6-3-2-4-7-14)23(29)24(30)26(21)17-9-5-8-16(25)13-17/h2-13,21,27-28H,1H3/b22-20-. The minimum absolute atomic E-state index is 0.0658. The zero-order valence-electron chi connectivity index (χ0n) is 16.4. The van der Waals surface area contributed by atoms with Gasteiger partial charge in [-0.15, -0.1) is 0 Å². The molecule has 156 valence electrons. The molecule has 1 atom stereocenters. The molecule has 1 aliphatic heterocycles. The van der Waals surface area contributed by atoms with Gasteiger partial charge in [-0.3, -0.25) is 14.5 Å². The summed E-state index contributed by atoms with van der Waals surface area (Å²) in [6.45, 7) is 0. The van der Waals surface area contributed by atoms with Crippen LogP contribution in [0.25, 0.3) is 5.76 Å². The Bertz CT molecular complexity index is 1210. The quantitative estimate of drug-likeness (QED) is 0.353. The van der Waals surface area contributed by atoms with Gasteiger partial charge in [0.2, 0.25) is 0 Å². The normalized spacial score (nSPS) is 17.7.